The van der Waals surface area contributed by atoms with Crippen molar-refractivity contribution < 1.29 is 13.2 Å². The lowest BCUT2D eigenvalue weighted by Gasteiger charge is -2.14. The zero-order valence-electron chi connectivity index (χ0n) is 13.7. The van der Waals surface area contributed by atoms with Crippen molar-refractivity contribution in [2.24, 2.45) is 0 Å². The third-order valence-corrected chi connectivity index (χ3v) is 4.70. The van der Waals surface area contributed by atoms with Gasteiger partial charge in [-0.3, -0.25) is 9.52 Å². The third-order valence-electron chi connectivity index (χ3n) is 3.31. The van der Waals surface area contributed by atoms with E-state index in [-0.39, 0.29) is 22.1 Å². The Morgan fingerprint density at radius 1 is 1.00 bits per heavy atom. The summed E-state index contributed by atoms with van der Waals surface area (Å²) in [5.41, 5.74) is 0.541. The summed E-state index contributed by atoms with van der Waals surface area (Å²) in [5.74, 6) is -0.316. The van der Waals surface area contributed by atoms with E-state index < -0.39 is 10.0 Å². The van der Waals surface area contributed by atoms with Crippen LogP contribution in [0.5, 0.6) is 0 Å². The molecule has 7 heteroatoms. The van der Waals surface area contributed by atoms with Crippen LogP contribution >= 0.6 is 0 Å². The molecule has 2 rings (SSSR count). The number of amides is 1. The molecule has 0 heterocycles. The average molecular weight is 347 g/mol. The van der Waals surface area contributed by atoms with Crippen LogP contribution in [0.25, 0.3) is 0 Å². The van der Waals surface area contributed by atoms with Crippen molar-refractivity contribution in [2.75, 3.05) is 31.9 Å². The number of carbonyl (C=O) groups is 1. The molecule has 0 bridgehead atoms. The first-order chi connectivity index (χ1) is 11.4. The van der Waals surface area contributed by atoms with E-state index in [9.17, 15) is 13.2 Å². The number of anilines is 1. The van der Waals surface area contributed by atoms with Crippen molar-refractivity contribution in [3.63, 3.8) is 0 Å². The zero-order chi connectivity index (χ0) is 17.6. The van der Waals surface area contributed by atoms with Crippen LogP contribution in [0, 0.1) is 0 Å². The Bertz CT molecular complexity index is 790. The molecule has 0 radical (unpaired) electrons. The topological polar surface area (TPSA) is 78.5 Å². The number of benzene rings is 2. The number of hydrogen-bond acceptors (Lipinski definition) is 4. The second kappa shape index (κ2) is 7.94. The van der Waals surface area contributed by atoms with Crippen LogP contribution in [-0.2, 0) is 10.0 Å². The van der Waals surface area contributed by atoms with Gasteiger partial charge in [0.25, 0.3) is 15.9 Å². The molecule has 0 fully saturated rings. The molecular formula is C17H21N3O3S. The summed E-state index contributed by atoms with van der Waals surface area (Å²) in [7, 11) is 0.0801. The molecule has 6 nitrogen and oxygen atoms in total. The predicted molar refractivity (Wildman–Crippen MR) is 94.6 cm³/mol. The molecule has 24 heavy (non-hydrogen) atoms. The molecule has 2 aromatic rings. The van der Waals surface area contributed by atoms with Gasteiger partial charge in [-0.2, -0.15) is 0 Å². The number of carbonyl (C=O) groups excluding carboxylic acids is 1. The highest BCUT2D eigenvalue weighted by Crippen LogP contribution is 2.20. The lowest BCUT2D eigenvalue weighted by atomic mass is 10.1. The third kappa shape index (κ3) is 4.81. The lowest BCUT2D eigenvalue weighted by Crippen LogP contribution is -2.32. The van der Waals surface area contributed by atoms with Gasteiger partial charge < -0.3 is 10.2 Å². The number of nitrogens with zero attached hydrogens (tertiary/aromatic N) is 1. The minimum Gasteiger partial charge on any atom is -0.351 e. The molecule has 0 aliphatic heterocycles. The Morgan fingerprint density at radius 2 is 1.62 bits per heavy atom. The van der Waals surface area contributed by atoms with Crippen LogP contribution < -0.4 is 10.0 Å². The van der Waals surface area contributed by atoms with Crippen LogP contribution in [0.1, 0.15) is 10.4 Å². The monoisotopic (exact) mass is 347 g/mol. The van der Waals surface area contributed by atoms with E-state index in [2.05, 4.69) is 10.0 Å². The maximum atomic E-state index is 12.4. The SMILES string of the molecule is CN(C)CCNC(=O)c1ccccc1NS(=O)(=O)c1ccccc1. The van der Waals surface area contributed by atoms with Crippen LogP contribution in [-0.4, -0.2) is 46.4 Å². The van der Waals surface area contributed by atoms with E-state index in [1.165, 1.54) is 12.1 Å². The van der Waals surface area contributed by atoms with E-state index in [0.29, 0.717) is 13.1 Å². The van der Waals surface area contributed by atoms with Gasteiger partial charge in [-0.05, 0) is 38.4 Å². The van der Waals surface area contributed by atoms with Crippen LogP contribution in [0.2, 0.25) is 0 Å². The van der Waals surface area contributed by atoms with E-state index in [4.69, 9.17) is 0 Å². The van der Waals surface area contributed by atoms with Crippen LogP contribution in [0.3, 0.4) is 0 Å². The number of likely N-dealkylation sites (N-methyl/N-ethyl adjacent to an activating group) is 1. The molecule has 0 saturated heterocycles. The van der Waals surface area contributed by atoms with Crippen LogP contribution in [0.4, 0.5) is 5.69 Å². The maximum Gasteiger partial charge on any atom is 0.261 e. The molecule has 1 amide bonds. The van der Waals surface area contributed by atoms with Crippen LogP contribution in [0.15, 0.2) is 59.5 Å². The van der Waals surface area contributed by atoms with E-state index in [0.717, 1.165) is 0 Å². The molecule has 0 aromatic heterocycles. The van der Waals surface area contributed by atoms with Crippen molar-refractivity contribution in [3.8, 4) is 0 Å². The van der Waals surface area contributed by atoms with Crippen molar-refractivity contribution in [2.45, 2.75) is 4.90 Å². The Kier molecular flexibility index (Phi) is 5.94. The molecule has 2 N–H and O–H groups in total. The Hall–Kier alpha value is -2.38. The van der Waals surface area contributed by atoms with Crippen molar-refractivity contribution in [1.29, 1.82) is 0 Å². The first kappa shape index (κ1) is 18.0. The predicted octanol–water partition coefficient (Wildman–Crippen LogP) is 1.78. The fourth-order valence-corrected chi connectivity index (χ4v) is 3.16. The van der Waals surface area contributed by atoms with Crippen molar-refractivity contribution in [3.05, 3.63) is 60.2 Å². The van der Waals surface area contributed by atoms with Gasteiger partial charge in [0.05, 0.1) is 16.1 Å². The summed E-state index contributed by atoms with van der Waals surface area (Å²) in [6.07, 6.45) is 0. The molecule has 0 unspecified atom stereocenters. The van der Waals surface area contributed by atoms with E-state index >= 15 is 0 Å². The van der Waals surface area contributed by atoms with E-state index in [1.807, 2.05) is 19.0 Å². The van der Waals surface area contributed by atoms with Crippen molar-refractivity contribution in [1.82, 2.24) is 10.2 Å². The van der Waals surface area contributed by atoms with Gasteiger partial charge in [0, 0.05) is 13.1 Å². The van der Waals surface area contributed by atoms with Gasteiger partial charge >= 0.3 is 0 Å². The summed E-state index contributed by atoms with van der Waals surface area (Å²) in [5, 5.41) is 2.78. The summed E-state index contributed by atoms with van der Waals surface area (Å²) in [6, 6.07) is 14.6. The zero-order valence-corrected chi connectivity index (χ0v) is 14.5. The fraction of sp³-hybridized carbons (Fsp3) is 0.235. The smallest absolute Gasteiger partial charge is 0.261 e. The Labute approximate surface area is 142 Å². The highest BCUT2D eigenvalue weighted by Gasteiger charge is 2.18. The Balaban J connectivity index is 2.18. The fourth-order valence-electron chi connectivity index (χ4n) is 2.06. The second-order valence-electron chi connectivity index (χ2n) is 5.52. The number of hydrogen-bond donors (Lipinski definition) is 2. The average Bonchev–Trinajstić information content (AvgIpc) is 2.55. The summed E-state index contributed by atoms with van der Waals surface area (Å²) in [6.45, 7) is 1.18. The quantitative estimate of drug-likeness (QED) is 0.800. The summed E-state index contributed by atoms with van der Waals surface area (Å²) in [4.78, 5) is 14.4. The normalized spacial score (nSPS) is 11.3. The molecule has 0 aliphatic rings. The molecule has 0 aliphatic carbocycles. The summed E-state index contributed by atoms with van der Waals surface area (Å²) >= 11 is 0. The van der Waals surface area contributed by atoms with Gasteiger partial charge in [0.15, 0.2) is 0 Å². The molecule has 128 valence electrons. The number of nitrogens with one attached hydrogen (secondary N) is 2. The Morgan fingerprint density at radius 3 is 2.29 bits per heavy atom. The minimum absolute atomic E-state index is 0.146. The van der Waals surface area contributed by atoms with Gasteiger partial charge in [0.1, 0.15) is 0 Å². The van der Waals surface area contributed by atoms with Crippen molar-refractivity contribution >= 4 is 21.6 Å². The highest BCUT2D eigenvalue weighted by atomic mass is 32.2. The number of sulfonamides is 1. The second-order valence-corrected chi connectivity index (χ2v) is 7.21. The lowest BCUT2D eigenvalue weighted by molar-refractivity contribution is 0.0952. The largest absolute Gasteiger partial charge is 0.351 e. The van der Waals surface area contributed by atoms with Gasteiger partial charge in [-0.25, -0.2) is 8.42 Å². The molecular weight excluding hydrogens is 326 g/mol. The first-order valence-corrected chi connectivity index (χ1v) is 8.98. The van der Waals surface area contributed by atoms with Gasteiger partial charge in [0.2, 0.25) is 0 Å². The summed E-state index contributed by atoms with van der Waals surface area (Å²) < 4.78 is 27.3. The number of para-hydroxylation sites is 1. The number of rotatable bonds is 7. The standard InChI is InChI=1S/C17H21N3O3S/c1-20(2)13-12-18-17(21)15-10-6-7-11-16(15)19-24(22,23)14-8-4-3-5-9-14/h3-11,19H,12-13H2,1-2H3,(H,18,21). The molecule has 0 spiro atoms. The first-order valence-electron chi connectivity index (χ1n) is 7.50. The van der Waals surface area contributed by atoms with Gasteiger partial charge in [-0.1, -0.05) is 30.3 Å². The highest BCUT2D eigenvalue weighted by molar-refractivity contribution is 7.92. The van der Waals surface area contributed by atoms with E-state index in [1.54, 1.807) is 42.5 Å². The maximum absolute atomic E-state index is 12.4. The molecule has 0 atom stereocenters. The molecule has 2 aromatic carbocycles. The van der Waals surface area contributed by atoms with Gasteiger partial charge in [-0.15, -0.1) is 0 Å². The minimum atomic E-state index is -3.74. The molecule has 0 saturated carbocycles.